The Morgan fingerprint density at radius 2 is 2.06 bits per heavy atom. The van der Waals surface area contributed by atoms with Gasteiger partial charge in [0.1, 0.15) is 0 Å². The molecule has 3 N–H and O–H groups in total. The molecule has 4 heteroatoms. The van der Waals surface area contributed by atoms with E-state index in [4.69, 9.17) is 10.5 Å². The van der Waals surface area contributed by atoms with Crippen molar-refractivity contribution in [1.29, 1.82) is 0 Å². The number of hydrogen-bond acceptors (Lipinski definition) is 3. The van der Waals surface area contributed by atoms with E-state index in [0.717, 1.165) is 5.56 Å². The number of nitrogens with one attached hydrogen (secondary N) is 1. The van der Waals surface area contributed by atoms with E-state index >= 15 is 0 Å². The third-order valence-electron chi connectivity index (χ3n) is 2.65. The van der Waals surface area contributed by atoms with E-state index in [0.29, 0.717) is 19.6 Å². The van der Waals surface area contributed by atoms with Gasteiger partial charge in [0.15, 0.2) is 0 Å². The van der Waals surface area contributed by atoms with Gasteiger partial charge in [0.05, 0.1) is 12.1 Å². The Bertz CT molecular complexity index is 354. The average molecular weight is 250 g/mol. The molecular weight excluding hydrogens is 228 g/mol. The lowest BCUT2D eigenvalue weighted by Gasteiger charge is -2.15. The first kappa shape index (κ1) is 14.7. The molecule has 0 radical (unpaired) electrons. The smallest absolute Gasteiger partial charge is 0.237 e. The zero-order chi connectivity index (χ0) is 13.4. The van der Waals surface area contributed by atoms with Crippen LogP contribution in [0.5, 0.6) is 0 Å². The molecule has 0 aliphatic heterocycles. The summed E-state index contributed by atoms with van der Waals surface area (Å²) in [6.45, 7) is 4.99. The van der Waals surface area contributed by atoms with Crippen molar-refractivity contribution in [3.05, 3.63) is 35.9 Å². The number of carbonyl (C=O) groups excluding carboxylic acids is 1. The lowest BCUT2D eigenvalue weighted by molar-refractivity contribution is -0.122. The van der Waals surface area contributed by atoms with Crippen LogP contribution in [0.2, 0.25) is 0 Å². The van der Waals surface area contributed by atoms with Crippen molar-refractivity contribution in [3.63, 3.8) is 0 Å². The van der Waals surface area contributed by atoms with E-state index in [1.807, 2.05) is 44.2 Å². The number of carbonyl (C=O) groups is 1. The SMILES string of the molecule is CCOC(C)CNC(=O)[C@H](N)Cc1ccccc1. The van der Waals surface area contributed by atoms with Crippen molar-refractivity contribution in [2.45, 2.75) is 32.4 Å². The maximum Gasteiger partial charge on any atom is 0.237 e. The molecule has 1 aromatic carbocycles. The molecule has 1 rings (SSSR count). The summed E-state index contributed by atoms with van der Waals surface area (Å²) in [4.78, 5) is 11.8. The standard InChI is InChI=1S/C14H22N2O2/c1-3-18-11(2)10-16-14(17)13(15)9-12-7-5-4-6-8-12/h4-8,11,13H,3,9-10,15H2,1-2H3,(H,16,17)/t11?,13-/m1/s1. The number of rotatable bonds is 7. The van der Waals surface area contributed by atoms with Gasteiger partial charge < -0.3 is 15.8 Å². The number of hydrogen-bond donors (Lipinski definition) is 2. The van der Waals surface area contributed by atoms with Gasteiger partial charge in [0, 0.05) is 13.2 Å². The van der Waals surface area contributed by atoms with Crippen LogP contribution < -0.4 is 11.1 Å². The van der Waals surface area contributed by atoms with Crippen molar-refractivity contribution in [2.24, 2.45) is 5.73 Å². The molecule has 1 amide bonds. The Balaban J connectivity index is 2.33. The third-order valence-corrected chi connectivity index (χ3v) is 2.65. The predicted octanol–water partition coefficient (Wildman–Crippen LogP) is 1.10. The molecule has 4 nitrogen and oxygen atoms in total. The van der Waals surface area contributed by atoms with Crippen molar-refractivity contribution in [3.8, 4) is 0 Å². The summed E-state index contributed by atoms with van der Waals surface area (Å²) in [7, 11) is 0. The van der Waals surface area contributed by atoms with Crippen molar-refractivity contribution >= 4 is 5.91 Å². The van der Waals surface area contributed by atoms with Crippen LogP contribution in [-0.2, 0) is 16.0 Å². The van der Waals surface area contributed by atoms with Crippen LogP contribution in [0, 0.1) is 0 Å². The molecule has 0 aliphatic carbocycles. The van der Waals surface area contributed by atoms with E-state index in [2.05, 4.69) is 5.32 Å². The highest BCUT2D eigenvalue weighted by atomic mass is 16.5. The second-order valence-corrected chi connectivity index (χ2v) is 4.31. The van der Waals surface area contributed by atoms with Crippen LogP contribution in [0.4, 0.5) is 0 Å². The molecule has 1 unspecified atom stereocenters. The van der Waals surface area contributed by atoms with Gasteiger partial charge in [-0.1, -0.05) is 30.3 Å². The average Bonchev–Trinajstić information content (AvgIpc) is 2.37. The van der Waals surface area contributed by atoms with Gasteiger partial charge in [-0.2, -0.15) is 0 Å². The van der Waals surface area contributed by atoms with Crippen LogP contribution in [-0.4, -0.2) is 31.2 Å². The molecule has 0 spiro atoms. The molecule has 0 fully saturated rings. The Morgan fingerprint density at radius 3 is 2.67 bits per heavy atom. The second kappa shape index (κ2) is 7.84. The first-order chi connectivity index (χ1) is 8.63. The second-order valence-electron chi connectivity index (χ2n) is 4.31. The minimum atomic E-state index is -0.513. The molecule has 0 bridgehead atoms. The number of ether oxygens (including phenoxy) is 1. The Morgan fingerprint density at radius 1 is 1.39 bits per heavy atom. The summed E-state index contributed by atoms with van der Waals surface area (Å²) in [5.41, 5.74) is 6.92. The van der Waals surface area contributed by atoms with E-state index in [-0.39, 0.29) is 12.0 Å². The van der Waals surface area contributed by atoms with Gasteiger partial charge >= 0.3 is 0 Å². The van der Waals surface area contributed by atoms with Gasteiger partial charge in [-0.05, 0) is 25.8 Å². The fourth-order valence-electron chi connectivity index (χ4n) is 1.68. The van der Waals surface area contributed by atoms with Crippen LogP contribution in [0.1, 0.15) is 19.4 Å². The summed E-state index contributed by atoms with van der Waals surface area (Å²) in [5, 5.41) is 2.80. The first-order valence-corrected chi connectivity index (χ1v) is 6.32. The maximum absolute atomic E-state index is 11.8. The Kier molecular flexibility index (Phi) is 6.39. The highest BCUT2D eigenvalue weighted by Gasteiger charge is 2.14. The van der Waals surface area contributed by atoms with Crippen LogP contribution >= 0.6 is 0 Å². The topological polar surface area (TPSA) is 64.3 Å². The third kappa shape index (κ3) is 5.29. The normalized spacial score (nSPS) is 13.9. The van der Waals surface area contributed by atoms with Crippen molar-refractivity contribution in [1.82, 2.24) is 5.32 Å². The lowest BCUT2D eigenvalue weighted by Crippen LogP contribution is -2.44. The van der Waals surface area contributed by atoms with Crippen molar-refractivity contribution in [2.75, 3.05) is 13.2 Å². The predicted molar refractivity (Wildman–Crippen MR) is 72.2 cm³/mol. The largest absolute Gasteiger partial charge is 0.377 e. The van der Waals surface area contributed by atoms with E-state index in [1.165, 1.54) is 0 Å². The van der Waals surface area contributed by atoms with Crippen LogP contribution in [0.3, 0.4) is 0 Å². The van der Waals surface area contributed by atoms with Crippen LogP contribution in [0.25, 0.3) is 0 Å². The maximum atomic E-state index is 11.8. The number of nitrogens with two attached hydrogens (primary N) is 1. The van der Waals surface area contributed by atoms with E-state index in [1.54, 1.807) is 0 Å². The first-order valence-electron chi connectivity index (χ1n) is 6.32. The van der Waals surface area contributed by atoms with Gasteiger partial charge in [0.2, 0.25) is 5.91 Å². The lowest BCUT2D eigenvalue weighted by atomic mass is 10.1. The minimum absolute atomic E-state index is 0.0166. The summed E-state index contributed by atoms with van der Waals surface area (Å²) < 4.78 is 5.33. The summed E-state index contributed by atoms with van der Waals surface area (Å²) in [5.74, 6) is -0.134. The zero-order valence-electron chi connectivity index (χ0n) is 11.1. The fourth-order valence-corrected chi connectivity index (χ4v) is 1.68. The quantitative estimate of drug-likeness (QED) is 0.761. The summed E-state index contributed by atoms with van der Waals surface area (Å²) in [6, 6.07) is 9.25. The van der Waals surface area contributed by atoms with Gasteiger partial charge in [-0.15, -0.1) is 0 Å². The highest BCUT2D eigenvalue weighted by molar-refractivity contribution is 5.81. The molecule has 0 heterocycles. The Hall–Kier alpha value is -1.39. The molecule has 0 saturated carbocycles. The van der Waals surface area contributed by atoms with Gasteiger partial charge in [-0.3, -0.25) is 4.79 Å². The van der Waals surface area contributed by atoms with E-state index < -0.39 is 6.04 Å². The summed E-state index contributed by atoms with van der Waals surface area (Å²) >= 11 is 0. The highest BCUT2D eigenvalue weighted by Crippen LogP contribution is 2.01. The summed E-state index contributed by atoms with van der Waals surface area (Å²) in [6.07, 6.45) is 0.568. The molecular formula is C14H22N2O2. The molecule has 2 atom stereocenters. The van der Waals surface area contributed by atoms with E-state index in [9.17, 15) is 4.79 Å². The molecule has 0 aromatic heterocycles. The zero-order valence-corrected chi connectivity index (χ0v) is 11.1. The molecule has 18 heavy (non-hydrogen) atoms. The molecule has 100 valence electrons. The molecule has 0 aliphatic rings. The monoisotopic (exact) mass is 250 g/mol. The van der Waals surface area contributed by atoms with Crippen LogP contribution in [0.15, 0.2) is 30.3 Å². The molecule has 1 aromatic rings. The van der Waals surface area contributed by atoms with Gasteiger partial charge in [-0.25, -0.2) is 0 Å². The minimum Gasteiger partial charge on any atom is -0.377 e. The fraction of sp³-hybridized carbons (Fsp3) is 0.500. The number of amides is 1. The Labute approximate surface area is 109 Å². The van der Waals surface area contributed by atoms with Gasteiger partial charge in [0.25, 0.3) is 0 Å². The number of benzene rings is 1. The molecule has 0 saturated heterocycles. The van der Waals surface area contributed by atoms with Crippen molar-refractivity contribution < 1.29 is 9.53 Å².